The molecule has 0 bridgehead atoms. The Morgan fingerprint density at radius 2 is 1.78 bits per heavy atom. The van der Waals surface area contributed by atoms with Crippen molar-refractivity contribution in [2.45, 2.75) is 49.7 Å². The summed E-state index contributed by atoms with van der Waals surface area (Å²) in [5.74, 6) is 0. The summed E-state index contributed by atoms with van der Waals surface area (Å²) in [4.78, 5) is 3.93. The molecular formula is C16H25NS. The van der Waals surface area contributed by atoms with Crippen LogP contribution < -0.4 is 0 Å². The van der Waals surface area contributed by atoms with Gasteiger partial charge < -0.3 is 4.90 Å². The van der Waals surface area contributed by atoms with Crippen LogP contribution in [0.1, 0.15) is 39.2 Å². The maximum absolute atomic E-state index is 2.55. The van der Waals surface area contributed by atoms with Crippen LogP contribution in [0.4, 0.5) is 0 Å². The van der Waals surface area contributed by atoms with Crippen molar-refractivity contribution >= 4 is 11.8 Å². The number of hydrogen-bond acceptors (Lipinski definition) is 2. The van der Waals surface area contributed by atoms with Gasteiger partial charge in [0.2, 0.25) is 0 Å². The summed E-state index contributed by atoms with van der Waals surface area (Å²) in [6.45, 7) is 10.7. The molecule has 1 heterocycles. The van der Waals surface area contributed by atoms with Crippen molar-refractivity contribution in [2.24, 2.45) is 0 Å². The molecule has 1 aliphatic heterocycles. The molecule has 0 amide bonds. The monoisotopic (exact) mass is 263 g/mol. The van der Waals surface area contributed by atoms with Gasteiger partial charge in [0.05, 0.1) is 0 Å². The van der Waals surface area contributed by atoms with Crippen LogP contribution in [-0.2, 0) is 6.42 Å². The third-order valence-corrected chi connectivity index (χ3v) is 4.36. The van der Waals surface area contributed by atoms with Crippen LogP contribution in [0.15, 0.2) is 29.2 Å². The van der Waals surface area contributed by atoms with E-state index in [1.165, 1.54) is 49.4 Å². The van der Waals surface area contributed by atoms with Crippen LogP contribution in [0.25, 0.3) is 0 Å². The van der Waals surface area contributed by atoms with Gasteiger partial charge in [-0.05, 0) is 56.6 Å². The van der Waals surface area contributed by atoms with E-state index in [4.69, 9.17) is 0 Å². The second-order valence-corrected chi connectivity index (χ2v) is 8.06. The SMILES string of the molecule is CC(C)(C)Sc1ccc(CCCN2CCC2)cc1. The number of rotatable bonds is 5. The third-order valence-electron chi connectivity index (χ3n) is 3.24. The van der Waals surface area contributed by atoms with Crippen LogP contribution in [0.3, 0.4) is 0 Å². The van der Waals surface area contributed by atoms with Gasteiger partial charge in [0.25, 0.3) is 0 Å². The Bertz CT molecular complexity index is 360. The predicted octanol–water partition coefficient (Wildman–Crippen LogP) is 4.22. The summed E-state index contributed by atoms with van der Waals surface area (Å²) in [5, 5.41) is 0. The Labute approximate surface area is 116 Å². The summed E-state index contributed by atoms with van der Waals surface area (Å²) >= 11 is 1.94. The number of thioether (sulfide) groups is 1. The summed E-state index contributed by atoms with van der Waals surface area (Å²) in [6.07, 6.45) is 3.92. The molecule has 1 aliphatic rings. The van der Waals surface area contributed by atoms with Crippen molar-refractivity contribution in [3.05, 3.63) is 29.8 Å². The maximum Gasteiger partial charge on any atom is 0.0122 e. The van der Waals surface area contributed by atoms with Gasteiger partial charge in [-0.25, -0.2) is 0 Å². The fourth-order valence-electron chi connectivity index (χ4n) is 2.19. The Hall–Kier alpha value is -0.470. The Morgan fingerprint density at radius 1 is 1.11 bits per heavy atom. The highest BCUT2D eigenvalue weighted by atomic mass is 32.2. The second kappa shape index (κ2) is 6.12. The number of likely N-dealkylation sites (tertiary alicyclic amines) is 1. The van der Waals surface area contributed by atoms with Crippen LogP contribution in [0, 0.1) is 0 Å². The first-order valence-electron chi connectivity index (χ1n) is 7.03. The van der Waals surface area contributed by atoms with Crippen LogP contribution in [0.5, 0.6) is 0 Å². The molecule has 1 fully saturated rings. The quantitative estimate of drug-likeness (QED) is 0.732. The Balaban J connectivity index is 1.76. The van der Waals surface area contributed by atoms with Crippen molar-refractivity contribution < 1.29 is 0 Å². The van der Waals surface area contributed by atoms with Crippen LogP contribution >= 0.6 is 11.8 Å². The van der Waals surface area contributed by atoms with E-state index in [-0.39, 0.29) is 0 Å². The first-order valence-corrected chi connectivity index (χ1v) is 7.85. The number of nitrogens with zero attached hydrogens (tertiary/aromatic N) is 1. The highest BCUT2D eigenvalue weighted by molar-refractivity contribution is 8.00. The van der Waals surface area contributed by atoms with Gasteiger partial charge in [-0.2, -0.15) is 0 Å². The smallest absolute Gasteiger partial charge is 0.0122 e. The lowest BCUT2D eigenvalue weighted by Gasteiger charge is -2.30. The molecule has 1 aromatic carbocycles. The number of benzene rings is 1. The largest absolute Gasteiger partial charge is 0.303 e. The van der Waals surface area contributed by atoms with E-state index in [1.807, 2.05) is 11.8 Å². The molecule has 18 heavy (non-hydrogen) atoms. The van der Waals surface area contributed by atoms with Gasteiger partial charge in [-0.15, -0.1) is 11.8 Å². The van der Waals surface area contributed by atoms with E-state index >= 15 is 0 Å². The molecular weight excluding hydrogens is 238 g/mol. The molecule has 0 spiro atoms. The fourth-order valence-corrected chi connectivity index (χ4v) is 3.17. The first-order chi connectivity index (χ1) is 8.53. The van der Waals surface area contributed by atoms with E-state index in [9.17, 15) is 0 Å². The molecule has 0 aromatic heterocycles. The fraction of sp³-hybridized carbons (Fsp3) is 0.625. The van der Waals surface area contributed by atoms with E-state index in [1.54, 1.807) is 0 Å². The van der Waals surface area contributed by atoms with Crippen molar-refractivity contribution in [2.75, 3.05) is 19.6 Å². The lowest BCUT2D eigenvalue weighted by Crippen LogP contribution is -2.37. The van der Waals surface area contributed by atoms with Gasteiger partial charge in [0, 0.05) is 9.64 Å². The normalized spacial score (nSPS) is 16.6. The minimum Gasteiger partial charge on any atom is -0.303 e. The third kappa shape index (κ3) is 4.66. The zero-order valence-corrected chi connectivity index (χ0v) is 12.7. The molecule has 0 saturated carbocycles. The molecule has 0 N–H and O–H groups in total. The summed E-state index contributed by atoms with van der Waals surface area (Å²) in [6, 6.07) is 9.14. The number of hydrogen-bond donors (Lipinski definition) is 0. The highest BCUT2D eigenvalue weighted by Crippen LogP contribution is 2.31. The molecule has 1 saturated heterocycles. The zero-order valence-electron chi connectivity index (χ0n) is 11.9. The minimum atomic E-state index is 0.305. The molecule has 0 atom stereocenters. The van der Waals surface area contributed by atoms with Crippen molar-refractivity contribution in [3.63, 3.8) is 0 Å². The lowest BCUT2D eigenvalue weighted by atomic mass is 10.1. The zero-order chi connectivity index (χ0) is 13.0. The first kappa shape index (κ1) is 14.0. The van der Waals surface area contributed by atoms with Crippen LogP contribution in [0.2, 0.25) is 0 Å². The molecule has 100 valence electrons. The Morgan fingerprint density at radius 3 is 2.28 bits per heavy atom. The average molecular weight is 263 g/mol. The van der Waals surface area contributed by atoms with Gasteiger partial charge in [-0.1, -0.05) is 32.9 Å². The van der Waals surface area contributed by atoms with E-state index < -0.39 is 0 Å². The predicted molar refractivity (Wildman–Crippen MR) is 81.4 cm³/mol. The van der Waals surface area contributed by atoms with Gasteiger partial charge in [0.1, 0.15) is 0 Å². The Kier molecular flexibility index (Phi) is 4.74. The van der Waals surface area contributed by atoms with Crippen LogP contribution in [-0.4, -0.2) is 29.3 Å². The molecule has 0 radical (unpaired) electrons. The van der Waals surface area contributed by atoms with E-state index in [0.717, 1.165) is 0 Å². The van der Waals surface area contributed by atoms with Crippen molar-refractivity contribution in [1.29, 1.82) is 0 Å². The van der Waals surface area contributed by atoms with Gasteiger partial charge in [-0.3, -0.25) is 0 Å². The average Bonchev–Trinajstić information content (AvgIpc) is 2.22. The number of aryl methyl sites for hydroxylation is 1. The molecule has 1 nitrogen and oxygen atoms in total. The van der Waals surface area contributed by atoms with E-state index in [0.29, 0.717) is 4.75 Å². The van der Waals surface area contributed by atoms with E-state index in [2.05, 4.69) is 49.9 Å². The molecule has 2 rings (SSSR count). The molecule has 0 unspecified atom stereocenters. The summed E-state index contributed by atoms with van der Waals surface area (Å²) < 4.78 is 0.305. The summed E-state index contributed by atoms with van der Waals surface area (Å²) in [5.41, 5.74) is 1.48. The minimum absolute atomic E-state index is 0.305. The topological polar surface area (TPSA) is 3.24 Å². The van der Waals surface area contributed by atoms with Crippen molar-refractivity contribution in [3.8, 4) is 0 Å². The second-order valence-electron chi connectivity index (χ2n) is 6.16. The molecule has 1 aromatic rings. The van der Waals surface area contributed by atoms with Crippen molar-refractivity contribution in [1.82, 2.24) is 4.90 Å². The molecule has 0 aliphatic carbocycles. The highest BCUT2D eigenvalue weighted by Gasteiger charge is 2.13. The standard InChI is InChI=1S/C16H25NS/c1-16(2,3)18-15-9-7-14(8-10-15)6-4-11-17-12-5-13-17/h7-10H,4-6,11-13H2,1-3H3. The molecule has 2 heteroatoms. The van der Waals surface area contributed by atoms with Gasteiger partial charge in [0.15, 0.2) is 0 Å². The maximum atomic E-state index is 2.55. The lowest BCUT2D eigenvalue weighted by molar-refractivity contribution is 0.179. The summed E-state index contributed by atoms with van der Waals surface area (Å²) in [7, 11) is 0. The van der Waals surface area contributed by atoms with Gasteiger partial charge >= 0.3 is 0 Å².